The number of carbonyl (C=O) groups excluding carboxylic acids is 9. The van der Waals surface area contributed by atoms with E-state index in [1.807, 2.05) is 0 Å². The van der Waals surface area contributed by atoms with Crippen LogP contribution in [0.5, 0.6) is 0 Å². The number of primary amides is 2. The first-order chi connectivity index (χ1) is 28.0. The maximum Gasteiger partial charge on any atom is 0.328 e. The topological polar surface area (TPSA) is 385 Å². The van der Waals surface area contributed by atoms with Crippen LogP contribution in [0, 0.1) is 17.8 Å². The highest BCUT2D eigenvalue weighted by atomic mass is 16.4. The van der Waals surface area contributed by atoms with Gasteiger partial charge in [-0.3, -0.25) is 43.2 Å². The summed E-state index contributed by atoms with van der Waals surface area (Å²) >= 11 is 0. The molecule has 0 aliphatic carbocycles. The largest absolute Gasteiger partial charge is 0.480 e. The summed E-state index contributed by atoms with van der Waals surface area (Å²) in [4.78, 5) is 130. The van der Waals surface area contributed by atoms with Gasteiger partial charge in [0.05, 0.1) is 25.7 Å². The van der Waals surface area contributed by atoms with Crippen LogP contribution >= 0.6 is 0 Å². The van der Waals surface area contributed by atoms with E-state index in [0.717, 1.165) is 0 Å². The van der Waals surface area contributed by atoms with E-state index < -0.39 is 151 Å². The lowest BCUT2D eigenvalue weighted by Gasteiger charge is -2.33. The highest BCUT2D eigenvalue weighted by molar-refractivity contribution is 5.98. The number of aliphatic hydroxyl groups is 2. The van der Waals surface area contributed by atoms with Crippen LogP contribution in [-0.4, -0.2) is 147 Å². The maximum atomic E-state index is 13.9. The van der Waals surface area contributed by atoms with Crippen molar-refractivity contribution in [3.63, 3.8) is 0 Å². The van der Waals surface area contributed by atoms with Crippen molar-refractivity contribution in [2.75, 3.05) is 19.8 Å². The number of nitrogens with one attached hydrogen (secondary N) is 6. The number of aliphatic carboxylic acids is 1. The highest BCUT2D eigenvalue weighted by Gasteiger charge is 2.41. The minimum absolute atomic E-state index is 0.0896. The van der Waals surface area contributed by atoms with Crippen molar-refractivity contribution in [1.82, 2.24) is 36.8 Å². The molecule has 0 aromatic carbocycles. The molecule has 9 amide bonds. The first kappa shape index (κ1) is 52.6. The summed E-state index contributed by atoms with van der Waals surface area (Å²) in [5.74, 6) is -10.9. The van der Waals surface area contributed by atoms with Gasteiger partial charge in [0.15, 0.2) is 0 Å². The Balaban J connectivity index is 3.29. The van der Waals surface area contributed by atoms with Crippen LogP contribution in [0.1, 0.15) is 86.5 Å². The molecule has 1 aliphatic rings. The van der Waals surface area contributed by atoms with Crippen molar-refractivity contribution >= 4 is 59.1 Å². The van der Waals surface area contributed by atoms with Crippen molar-refractivity contribution in [3.05, 3.63) is 0 Å². The van der Waals surface area contributed by atoms with Gasteiger partial charge in [-0.25, -0.2) is 4.79 Å². The van der Waals surface area contributed by atoms with Crippen LogP contribution in [0.25, 0.3) is 0 Å². The molecule has 0 saturated carbocycles. The molecule has 0 unspecified atom stereocenters. The highest BCUT2D eigenvalue weighted by Crippen LogP contribution is 2.22. The van der Waals surface area contributed by atoms with E-state index in [0.29, 0.717) is 19.3 Å². The summed E-state index contributed by atoms with van der Waals surface area (Å²) in [5.41, 5.74) is 16.2. The normalized spacial score (nSPS) is 18.2. The predicted octanol–water partition coefficient (Wildman–Crippen LogP) is -4.83. The maximum absolute atomic E-state index is 13.9. The molecule has 0 radical (unpaired) electrons. The summed E-state index contributed by atoms with van der Waals surface area (Å²) in [6, 6.07) is -11.1. The lowest BCUT2D eigenvalue weighted by atomic mass is 9.96. The SMILES string of the molecule is CC[C@H](C)[C@H](NC(=O)[C@@H](NC(=O)[C@@H](N)CC(N)=O)C(C)C)C(=O)N[C@@H](CO)C(=O)N[C@@H](CCC(N)=O)C(=O)N[C@H](C(=O)N1CCC[C@H]1C(=O)N[C@@H](CO)C(=O)O)[C@@H](C)CC. The predicted molar refractivity (Wildman–Crippen MR) is 212 cm³/mol. The molecule has 0 spiro atoms. The number of nitrogens with two attached hydrogens (primary N) is 3. The average Bonchev–Trinajstić information content (AvgIpc) is 3.69. The first-order valence-corrected chi connectivity index (χ1v) is 19.9. The molecule has 23 heteroatoms. The van der Waals surface area contributed by atoms with Gasteiger partial charge in [0, 0.05) is 13.0 Å². The number of rotatable bonds is 26. The number of aliphatic hydroxyl groups excluding tert-OH is 2. The van der Waals surface area contributed by atoms with Crippen LogP contribution in [0.4, 0.5) is 0 Å². The molecule has 1 rings (SSSR count). The van der Waals surface area contributed by atoms with Gasteiger partial charge >= 0.3 is 5.97 Å². The smallest absolute Gasteiger partial charge is 0.328 e. The molecule has 0 bridgehead atoms. The minimum Gasteiger partial charge on any atom is -0.480 e. The molecule has 340 valence electrons. The van der Waals surface area contributed by atoms with Gasteiger partial charge in [0.2, 0.25) is 53.2 Å². The molecule has 60 heavy (non-hydrogen) atoms. The summed E-state index contributed by atoms with van der Waals surface area (Å²) in [5, 5.41) is 43.4. The fourth-order valence-electron chi connectivity index (χ4n) is 6.21. The van der Waals surface area contributed by atoms with E-state index in [1.54, 1.807) is 41.5 Å². The number of amides is 9. The first-order valence-electron chi connectivity index (χ1n) is 19.9. The Hall–Kier alpha value is -5.42. The molecule has 10 atom stereocenters. The Morgan fingerprint density at radius 1 is 0.650 bits per heavy atom. The zero-order valence-corrected chi connectivity index (χ0v) is 35.0. The fourth-order valence-corrected chi connectivity index (χ4v) is 6.21. The Bertz CT molecular complexity index is 1560. The molecular formula is C37H64N10O13. The lowest BCUT2D eigenvalue weighted by Crippen LogP contribution is -2.62. The van der Waals surface area contributed by atoms with Crippen molar-refractivity contribution in [1.29, 1.82) is 0 Å². The number of hydrogen-bond donors (Lipinski definition) is 12. The average molecular weight is 857 g/mol. The number of hydrogen-bond acceptors (Lipinski definition) is 13. The van der Waals surface area contributed by atoms with Crippen LogP contribution in [-0.2, 0) is 47.9 Å². The minimum atomic E-state index is -1.71. The molecule has 1 fully saturated rings. The Labute approximate surface area is 348 Å². The Kier molecular flexibility index (Phi) is 22.1. The zero-order valence-electron chi connectivity index (χ0n) is 35.0. The quantitative estimate of drug-likeness (QED) is 0.0389. The molecule has 0 aromatic heterocycles. The Morgan fingerprint density at radius 2 is 1.15 bits per heavy atom. The standard InChI is InChI=1S/C37H64N10O13/c1-7-18(5)28(45-34(56)27(17(3)4)44-30(52)20(38)14-26(40)51)35(57)42-22(15-48)32(54)41-21(11-12-25(39)50)31(53)46-29(19(6)8-2)36(58)47-13-9-10-24(47)33(55)43-23(16-49)37(59)60/h17-24,27-29,48-49H,7-16,38H2,1-6H3,(H2,39,50)(H2,40,51)(H,41,54)(H,42,57)(H,43,55)(H,44,52)(H,45,56)(H,46,53)(H,59,60)/t18-,19-,20-,21-,22-,23-,24-,27-,28-,29-/m0/s1. The second-order valence-corrected chi connectivity index (χ2v) is 15.3. The van der Waals surface area contributed by atoms with Gasteiger partial charge in [0.1, 0.15) is 42.3 Å². The summed E-state index contributed by atoms with van der Waals surface area (Å²) in [7, 11) is 0. The van der Waals surface area contributed by atoms with Crippen LogP contribution in [0.2, 0.25) is 0 Å². The van der Waals surface area contributed by atoms with Crippen molar-refractivity contribution in [2.45, 2.75) is 135 Å². The third-order valence-electron chi connectivity index (χ3n) is 10.3. The summed E-state index contributed by atoms with van der Waals surface area (Å²) < 4.78 is 0. The van der Waals surface area contributed by atoms with Crippen LogP contribution in [0.15, 0.2) is 0 Å². The molecule has 1 heterocycles. The van der Waals surface area contributed by atoms with Crippen molar-refractivity contribution in [3.8, 4) is 0 Å². The van der Waals surface area contributed by atoms with E-state index in [1.165, 1.54) is 4.90 Å². The summed E-state index contributed by atoms with van der Waals surface area (Å²) in [6.07, 6.45) is -0.0244. The molecular weight excluding hydrogens is 792 g/mol. The van der Waals surface area contributed by atoms with Crippen molar-refractivity contribution < 1.29 is 63.3 Å². The van der Waals surface area contributed by atoms with Gasteiger partial charge < -0.3 is 69.3 Å². The Morgan fingerprint density at radius 3 is 1.65 bits per heavy atom. The third kappa shape index (κ3) is 16.0. The number of carbonyl (C=O) groups is 10. The molecule has 0 aromatic rings. The van der Waals surface area contributed by atoms with Gasteiger partial charge in [-0.1, -0.05) is 54.4 Å². The zero-order chi connectivity index (χ0) is 46.0. The molecule has 1 aliphatic heterocycles. The van der Waals surface area contributed by atoms with E-state index in [2.05, 4.69) is 31.9 Å². The second-order valence-electron chi connectivity index (χ2n) is 15.3. The van der Waals surface area contributed by atoms with Crippen molar-refractivity contribution in [2.24, 2.45) is 35.0 Å². The van der Waals surface area contributed by atoms with Crippen LogP contribution in [0.3, 0.4) is 0 Å². The molecule has 23 nitrogen and oxygen atoms in total. The number of nitrogens with zero attached hydrogens (tertiary/aromatic N) is 1. The van der Waals surface area contributed by atoms with E-state index in [9.17, 15) is 63.3 Å². The van der Waals surface area contributed by atoms with Crippen LogP contribution < -0.4 is 49.1 Å². The second kappa shape index (κ2) is 25.3. The monoisotopic (exact) mass is 856 g/mol. The summed E-state index contributed by atoms with van der Waals surface area (Å²) in [6.45, 7) is 8.17. The number of carboxylic acid groups (broad SMARTS) is 1. The lowest BCUT2D eigenvalue weighted by molar-refractivity contribution is -0.146. The molecule has 15 N–H and O–H groups in total. The molecule has 1 saturated heterocycles. The fraction of sp³-hybridized carbons (Fsp3) is 0.730. The van der Waals surface area contributed by atoms with Gasteiger partial charge in [-0.05, 0) is 37.0 Å². The van der Waals surface area contributed by atoms with E-state index in [-0.39, 0.29) is 19.4 Å². The van der Waals surface area contributed by atoms with Gasteiger partial charge in [0.25, 0.3) is 0 Å². The number of likely N-dealkylation sites (tertiary alicyclic amines) is 1. The van der Waals surface area contributed by atoms with E-state index >= 15 is 0 Å². The van der Waals surface area contributed by atoms with Gasteiger partial charge in [-0.15, -0.1) is 0 Å². The third-order valence-corrected chi connectivity index (χ3v) is 10.3. The van der Waals surface area contributed by atoms with E-state index in [4.69, 9.17) is 17.2 Å². The number of carboxylic acids is 1. The van der Waals surface area contributed by atoms with Gasteiger partial charge in [-0.2, -0.15) is 0 Å².